The highest BCUT2D eigenvalue weighted by Crippen LogP contribution is 1.87. The SMILES string of the molecule is CCC(=O)NCCSC.[HH]. The predicted molar refractivity (Wildman–Crippen MR) is 43.8 cm³/mol. The first-order valence-electron chi connectivity index (χ1n) is 3.07. The Bertz CT molecular complexity index is 89.8. The summed E-state index contributed by atoms with van der Waals surface area (Å²) in [7, 11) is 0. The van der Waals surface area contributed by atoms with Crippen molar-refractivity contribution < 1.29 is 6.22 Å². The third-order valence-electron chi connectivity index (χ3n) is 0.949. The standard InChI is InChI=1S/C6H13NOS.H2/c1-3-6(8)7-4-5-9-2;/h3-5H2,1-2H3,(H,7,8);1H. The number of hydrogen-bond donors (Lipinski definition) is 1. The van der Waals surface area contributed by atoms with Crippen molar-refractivity contribution in [1.29, 1.82) is 0 Å². The van der Waals surface area contributed by atoms with Crippen LogP contribution in [0.5, 0.6) is 0 Å². The van der Waals surface area contributed by atoms with Crippen LogP contribution in [0.2, 0.25) is 0 Å². The number of amides is 1. The topological polar surface area (TPSA) is 29.1 Å². The van der Waals surface area contributed by atoms with E-state index in [9.17, 15) is 4.79 Å². The van der Waals surface area contributed by atoms with Crippen molar-refractivity contribution in [3.63, 3.8) is 0 Å². The Labute approximate surface area is 61.9 Å². The summed E-state index contributed by atoms with van der Waals surface area (Å²) in [5, 5.41) is 2.77. The second kappa shape index (κ2) is 5.95. The highest BCUT2D eigenvalue weighted by molar-refractivity contribution is 7.98. The summed E-state index contributed by atoms with van der Waals surface area (Å²) < 4.78 is 0. The van der Waals surface area contributed by atoms with Crippen LogP contribution in [0.3, 0.4) is 0 Å². The molecule has 0 aromatic rings. The van der Waals surface area contributed by atoms with E-state index in [1.54, 1.807) is 11.8 Å². The van der Waals surface area contributed by atoms with E-state index in [0.29, 0.717) is 6.42 Å². The molecular weight excluding hydrogens is 134 g/mol. The van der Waals surface area contributed by atoms with Crippen LogP contribution in [0.4, 0.5) is 0 Å². The van der Waals surface area contributed by atoms with E-state index in [-0.39, 0.29) is 7.33 Å². The van der Waals surface area contributed by atoms with E-state index < -0.39 is 0 Å². The van der Waals surface area contributed by atoms with E-state index in [1.165, 1.54) is 0 Å². The number of thioether (sulfide) groups is 1. The number of nitrogens with one attached hydrogen (secondary N) is 1. The van der Waals surface area contributed by atoms with Crippen molar-refractivity contribution in [3.05, 3.63) is 0 Å². The van der Waals surface area contributed by atoms with Crippen molar-refractivity contribution in [3.8, 4) is 0 Å². The van der Waals surface area contributed by atoms with E-state index in [2.05, 4.69) is 5.32 Å². The van der Waals surface area contributed by atoms with E-state index in [4.69, 9.17) is 0 Å². The smallest absolute Gasteiger partial charge is 0.219 e. The maximum Gasteiger partial charge on any atom is 0.219 e. The normalized spacial score (nSPS) is 9.11. The van der Waals surface area contributed by atoms with Gasteiger partial charge in [-0.15, -0.1) is 0 Å². The van der Waals surface area contributed by atoms with Crippen LogP contribution in [-0.2, 0) is 4.79 Å². The Balaban J connectivity index is 0. The van der Waals surface area contributed by atoms with Crippen LogP contribution in [0, 0.1) is 0 Å². The minimum absolute atomic E-state index is 0. The second-order valence-corrected chi connectivity index (χ2v) is 2.68. The minimum atomic E-state index is 0. The highest BCUT2D eigenvalue weighted by atomic mass is 32.2. The largest absolute Gasteiger partial charge is 0.355 e. The summed E-state index contributed by atoms with van der Waals surface area (Å²) in [6.45, 7) is 2.66. The second-order valence-electron chi connectivity index (χ2n) is 1.70. The fourth-order valence-corrected chi connectivity index (χ4v) is 0.724. The zero-order valence-electron chi connectivity index (χ0n) is 5.94. The van der Waals surface area contributed by atoms with Gasteiger partial charge in [0, 0.05) is 20.1 Å². The summed E-state index contributed by atoms with van der Waals surface area (Å²) in [6.07, 6.45) is 2.62. The number of carbonyl (C=O) groups is 1. The molecule has 2 nitrogen and oxygen atoms in total. The molecule has 0 atom stereocenters. The van der Waals surface area contributed by atoms with E-state index >= 15 is 0 Å². The first-order valence-corrected chi connectivity index (χ1v) is 4.46. The number of rotatable bonds is 4. The van der Waals surface area contributed by atoms with Crippen molar-refractivity contribution >= 4 is 17.7 Å². The molecular formula is C6H15NOS. The van der Waals surface area contributed by atoms with Crippen LogP contribution in [0.1, 0.15) is 14.8 Å². The van der Waals surface area contributed by atoms with Crippen LogP contribution < -0.4 is 5.32 Å². The molecule has 0 aliphatic carbocycles. The van der Waals surface area contributed by atoms with E-state index in [0.717, 1.165) is 12.3 Å². The molecule has 0 unspecified atom stereocenters. The molecule has 0 aromatic heterocycles. The Hall–Kier alpha value is -0.180. The maximum atomic E-state index is 10.6. The van der Waals surface area contributed by atoms with Gasteiger partial charge in [-0.25, -0.2) is 0 Å². The summed E-state index contributed by atoms with van der Waals surface area (Å²) >= 11 is 1.74. The molecule has 0 saturated heterocycles. The third kappa shape index (κ3) is 5.69. The van der Waals surface area contributed by atoms with Gasteiger partial charge in [0.05, 0.1) is 0 Å². The molecule has 0 rings (SSSR count). The molecule has 0 spiro atoms. The number of hydrogen-bond acceptors (Lipinski definition) is 2. The zero-order valence-corrected chi connectivity index (χ0v) is 6.75. The molecule has 0 radical (unpaired) electrons. The molecule has 0 saturated carbocycles. The van der Waals surface area contributed by atoms with Gasteiger partial charge in [0.1, 0.15) is 0 Å². The van der Waals surface area contributed by atoms with Crippen LogP contribution in [0.15, 0.2) is 0 Å². The molecule has 0 aliphatic rings. The summed E-state index contributed by atoms with van der Waals surface area (Å²) in [4.78, 5) is 10.6. The van der Waals surface area contributed by atoms with Crippen LogP contribution in [-0.4, -0.2) is 24.5 Å². The molecule has 3 heteroatoms. The molecule has 56 valence electrons. The molecule has 0 fully saturated rings. The molecule has 0 aromatic carbocycles. The molecule has 1 amide bonds. The van der Waals surface area contributed by atoms with Gasteiger partial charge in [-0.1, -0.05) is 6.92 Å². The van der Waals surface area contributed by atoms with Gasteiger partial charge in [-0.05, 0) is 6.26 Å². The van der Waals surface area contributed by atoms with Gasteiger partial charge in [0.2, 0.25) is 5.91 Å². The molecule has 0 heterocycles. The molecule has 9 heavy (non-hydrogen) atoms. The lowest BCUT2D eigenvalue weighted by atomic mass is 10.4. The zero-order chi connectivity index (χ0) is 7.11. The van der Waals surface area contributed by atoms with Crippen molar-refractivity contribution in [2.75, 3.05) is 18.6 Å². The summed E-state index contributed by atoms with van der Waals surface area (Å²) in [5.41, 5.74) is 0. The Morgan fingerprint density at radius 2 is 2.44 bits per heavy atom. The lowest BCUT2D eigenvalue weighted by Gasteiger charge is -1.99. The fourth-order valence-electron chi connectivity index (χ4n) is 0.418. The number of carbonyl (C=O) groups excluding carboxylic acids is 1. The van der Waals surface area contributed by atoms with Gasteiger partial charge < -0.3 is 5.32 Å². The Morgan fingerprint density at radius 3 is 2.89 bits per heavy atom. The predicted octanol–water partition coefficient (Wildman–Crippen LogP) is 1.12. The van der Waals surface area contributed by atoms with Gasteiger partial charge >= 0.3 is 0 Å². The monoisotopic (exact) mass is 149 g/mol. The Morgan fingerprint density at radius 1 is 1.78 bits per heavy atom. The van der Waals surface area contributed by atoms with Crippen molar-refractivity contribution in [1.82, 2.24) is 5.32 Å². The quantitative estimate of drug-likeness (QED) is 0.607. The Kier molecular flexibility index (Phi) is 5.83. The summed E-state index contributed by atoms with van der Waals surface area (Å²) in [5.74, 6) is 1.15. The van der Waals surface area contributed by atoms with Crippen molar-refractivity contribution in [2.45, 2.75) is 13.3 Å². The molecule has 0 bridgehead atoms. The summed E-state index contributed by atoms with van der Waals surface area (Å²) in [6, 6.07) is 0. The van der Waals surface area contributed by atoms with Gasteiger partial charge in [-0.2, -0.15) is 11.8 Å². The fraction of sp³-hybridized carbons (Fsp3) is 0.833. The highest BCUT2D eigenvalue weighted by Gasteiger charge is 1.92. The van der Waals surface area contributed by atoms with Gasteiger partial charge in [-0.3, -0.25) is 4.79 Å². The minimum Gasteiger partial charge on any atom is -0.355 e. The van der Waals surface area contributed by atoms with Gasteiger partial charge in [0.15, 0.2) is 0 Å². The maximum absolute atomic E-state index is 10.6. The average molecular weight is 149 g/mol. The van der Waals surface area contributed by atoms with Crippen molar-refractivity contribution in [2.24, 2.45) is 0 Å². The first kappa shape index (κ1) is 8.82. The third-order valence-corrected chi connectivity index (χ3v) is 1.56. The van der Waals surface area contributed by atoms with E-state index in [1.807, 2.05) is 13.2 Å². The molecule has 0 aliphatic heterocycles. The van der Waals surface area contributed by atoms with Crippen LogP contribution in [0.25, 0.3) is 0 Å². The average Bonchev–Trinajstić information content (AvgIpc) is 1.89. The first-order chi connectivity index (χ1) is 4.31. The molecule has 1 N–H and O–H groups in total. The van der Waals surface area contributed by atoms with Gasteiger partial charge in [0.25, 0.3) is 0 Å². The lowest BCUT2D eigenvalue weighted by molar-refractivity contribution is -0.120. The van der Waals surface area contributed by atoms with Crippen LogP contribution >= 0.6 is 11.8 Å². The lowest BCUT2D eigenvalue weighted by Crippen LogP contribution is -2.24.